The lowest BCUT2D eigenvalue weighted by Crippen LogP contribution is -2.11. The van der Waals surface area contributed by atoms with Gasteiger partial charge in [-0.25, -0.2) is 0 Å². The maximum atomic E-state index is 5.90. The summed E-state index contributed by atoms with van der Waals surface area (Å²) in [5, 5.41) is 4.15. The number of hydrogen-bond acceptors (Lipinski definition) is 3. The lowest BCUT2D eigenvalue weighted by atomic mass is 10.2. The molecule has 0 spiro atoms. The van der Waals surface area contributed by atoms with Crippen LogP contribution in [0.25, 0.3) is 0 Å². The average Bonchev–Trinajstić information content (AvgIpc) is 2.77. The molecule has 4 nitrogen and oxygen atoms in total. The third kappa shape index (κ3) is 4.06. The maximum absolute atomic E-state index is 5.90. The maximum Gasteiger partial charge on any atom is 0.274 e. The van der Waals surface area contributed by atoms with Crippen molar-refractivity contribution in [3.05, 3.63) is 41.7 Å². The largest absolute Gasteiger partial charge is 0.541 e. The van der Waals surface area contributed by atoms with Gasteiger partial charge in [0, 0.05) is 25.9 Å². The summed E-state index contributed by atoms with van der Waals surface area (Å²) in [6.07, 6.45) is 6.54. The molecule has 0 unspecified atom stereocenters. The molecule has 2 aromatic rings. The number of aryl methyl sites for hydroxylation is 2. The van der Waals surface area contributed by atoms with E-state index in [0.29, 0.717) is 0 Å². The Bertz CT molecular complexity index is 605. The molecule has 0 bridgehead atoms. The van der Waals surface area contributed by atoms with Gasteiger partial charge in [0.2, 0.25) is 0 Å². The summed E-state index contributed by atoms with van der Waals surface area (Å²) in [7, 11) is 1.13. The van der Waals surface area contributed by atoms with Crippen LogP contribution in [0.5, 0.6) is 5.75 Å². The first-order valence-electron chi connectivity index (χ1n) is 6.63. The molecule has 0 aliphatic heterocycles. The van der Waals surface area contributed by atoms with Gasteiger partial charge < -0.3 is 4.43 Å². The number of aliphatic imine (C=N–C) groups is 1. The van der Waals surface area contributed by atoms with E-state index in [-0.39, 0.29) is 0 Å². The second-order valence-corrected chi connectivity index (χ2v) is 7.04. The van der Waals surface area contributed by atoms with E-state index in [0.717, 1.165) is 23.4 Å². The highest BCUT2D eigenvalue weighted by atomic mass is 28.3. The van der Waals surface area contributed by atoms with Crippen molar-refractivity contribution in [1.82, 2.24) is 9.78 Å². The molecule has 0 fully saturated rings. The Morgan fingerprint density at radius 3 is 2.85 bits per heavy atom. The SMILES string of the molecule is Cc1ccc(N=CCc2cnn(C)c2)c(O[Si](C)C)c1. The van der Waals surface area contributed by atoms with Gasteiger partial charge in [0.25, 0.3) is 9.04 Å². The zero-order chi connectivity index (χ0) is 14.5. The second-order valence-electron chi connectivity index (χ2n) is 5.02. The van der Waals surface area contributed by atoms with Crippen molar-refractivity contribution in [2.24, 2.45) is 12.0 Å². The van der Waals surface area contributed by atoms with Crippen LogP contribution >= 0.6 is 0 Å². The normalized spacial score (nSPS) is 11.4. The number of aromatic nitrogens is 2. The molecule has 0 aliphatic rings. The van der Waals surface area contributed by atoms with E-state index in [1.807, 2.05) is 31.7 Å². The Balaban J connectivity index is 2.11. The molecule has 5 heteroatoms. The van der Waals surface area contributed by atoms with Crippen LogP contribution in [0.4, 0.5) is 5.69 Å². The molecule has 105 valence electrons. The van der Waals surface area contributed by atoms with Crippen molar-refractivity contribution in [3.63, 3.8) is 0 Å². The predicted molar refractivity (Wildman–Crippen MR) is 84.4 cm³/mol. The fraction of sp³-hybridized carbons (Fsp3) is 0.333. The predicted octanol–water partition coefficient (Wildman–Crippen LogP) is 3.30. The first-order valence-corrected chi connectivity index (χ1v) is 9.04. The molecule has 2 rings (SSSR count). The van der Waals surface area contributed by atoms with Crippen molar-refractivity contribution in [3.8, 4) is 5.75 Å². The molecule has 0 amide bonds. The van der Waals surface area contributed by atoms with E-state index in [1.54, 1.807) is 4.68 Å². The van der Waals surface area contributed by atoms with E-state index in [2.05, 4.69) is 42.2 Å². The van der Waals surface area contributed by atoms with Gasteiger partial charge in [-0.05, 0) is 43.3 Å². The van der Waals surface area contributed by atoms with Gasteiger partial charge in [0.05, 0.1) is 6.20 Å². The van der Waals surface area contributed by atoms with Gasteiger partial charge in [-0.3, -0.25) is 9.67 Å². The molecule has 20 heavy (non-hydrogen) atoms. The monoisotopic (exact) mass is 286 g/mol. The third-order valence-electron chi connectivity index (χ3n) is 2.75. The minimum Gasteiger partial charge on any atom is -0.541 e. The summed E-state index contributed by atoms with van der Waals surface area (Å²) in [5.74, 6) is 0.881. The van der Waals surface area contributed by atoms with Crippen LogP contribution < -0.4 is 4.43 Å². The number of benzene rings is 1. The van der Waals surface area contributed by atoms with Gasteiger partial charge >= 0.3 is 0 Å². The van der Waals surface area contributed by atoms with Gasteiger partial charge in [-0.1, -0.05) is 6.07 Å². The van der Waals surface area contributed by atoms with Crippen LogP contribution in [-0.4, -0.2) is 25.0 Å². The van der Waals surface area contributed by atoms with E-state index in [9.17, 15) is 0 Å². The smallest absolute Gasteiger partial charge is 0.274 e. The van der Waals surface area contributed by atoms with Crippen molar-refractivity contribution in [2.45, 2.75) is 26.4 Å². The fourth-order valence-electron chi connectivity index (χ4n) is 1.86. The highest BCUT2D eigenvalue weighted by Crippen LogP contribution is 2.28. The summed E-state index contributed by atoms with van der Waals surface area (Å²) in [6.45, 7) is 6.31. The second kappa shape index (κ2) is 6.52. The average molecular weight is 286 g/mol. The summed E-state index contributed by atoms with van der Waals surface area (Å²) in [4.78, 5) is 4.53. The topological polar surface area (TPSA) is 39.4 Å². The Morgan fingerprint density at radius 2 is 2.20 bits per heavy atom. The van der Waals surface area contributed by atoms with Crippen LogP contribution in [0.1, 0.15) is 11.1 Å². The van der Waals surface area contributed by atoms with Crippen molar-refractivity contribution in [1.29, 1.82) is 0 Å². The number of nitrogens with zero attached hydrogens (tertiary/aromatic N) is 3. The molecule has 1 aromatic heterocycles. The fourth-order valence-corrected chi connectivity index (χ4v) is 2.46. The Kier molecular flexibility index (Phi) is 4.73. The van der Waals surface area contributed by atoms with Gasteiger partial charge in [-0.2, -0.15) is 5.10 Å². The third-order valence-corrected chi connectivity index (χ3v) is 3.37. The summed E-state index contributed by atoms with van der Waals surface area (Å²) in [6, 6.07) is 6.12. The molecular formula is C15H20N3OSi. The molecule has 0 atom stereocenters. The molecule has 0 saturated heterocycles. The van der Waals surface area contributed by atoms with Gasteiger partial charge in [0.1, 0.15) is 11.4 Å². The van der Waals surface area contributed by atoms with Crippen LogP contribution in [-0.2, 0) is 13.5 Å². The van der Waals surface area contributed by atoms with Gasteiger partial charge in [0.15, 0.2) is 0 Å². The van der Waals surface area contributed by atoms with Crippen LogP contribution in [0.15, 0.2) is 35.6 Å². The summed E-state index contributed by atoms with van der Waals surface area (Å²) in [5.41, 5.74) is 3.24. The lowest BCUT2D eigenvalue weighted by Gasteiger charge is -2.11. The lowest BCUT2D eigenvalue weighted by molar-refractivity contribution is 0.581. The molecule has 0 saturated carbocycles. The molecular weight excluding hydrogens is 266 g/mol. The van der Waals surface area contributed by atoms with E-state index < -0.39 is 9.04 Å². The van der Waals surface area contributed by atoms with Crippen molar-refractivity contribution >= 4 is 20.9 Å². The van der Waals surface area contributed by atoms with E-state index in [4.69, 9.17) is 4.43 Å². The molecule has 0 N–H and O–H groups in total. The Morgan fingerprint density at radius 1 is 1.40 bits per heavy atom. The molecule has 1 aromatic carbocycles. The molecule has 0 aliphatic carbocycles. The number of rotatable bonds is 5. The Labute approximate surface area is 121 Å². The van der Waals surface area contributed by atoms with Crippen LogP contribution in [0.3, 0.4) is 0 Å². The molecule has 1 heterocycles. The van der Waals surface area contributed by atoms with Crippen LogP contribution in [0, 0.1) is 6.92 Å². The first kappa shape index (κ1) is 14.5. The summed E-state index contributed by atoms with van der Waals surface area (Å²) >= 11 is 0. The quantitative estimate of drug-likeness (QED) is 0.625. The summed E-state index contributed by atoms with van der Waals surface area (Å²) < 4.78 is 7.70. The highest BCUT2D eigenvalue weighted by molar-refractivity contribution is 6.49. The van der Waals surface area contributed by atoms with Gasteiger partial charge in [-0.15, -0.1) is 0 Å². The zero-order valence-corrected chi connectivity index (χ0v) is 13.4. The zero-order valence-electron chi connectivity index (χ0n) is 12.4. The molecule has 1 radical (unpaired) electrons. The van der Waals surface area contributed by atoms with E-state index in [1.165, 1.54) is 5.56 Å². The van der Waals surface area contributed by atoms with E-state index >= 15 is 0 Å². The minimum absolute atomic E-state index is 0.775. The minimum atomic E-state index is -0.786. The standard InChI is InChI=1S/C15H20N3OSi/c1-12-5-6-14(15(9-12)19-20(3)4)16-8-7-13-10-17-18(2)11-13/h5-6,8-11H,7H2,1-4H3. The first-order chi connectivity index (χ1) is 9.54. The van der Waals surface area contributed by atoms with Crippen LogP contribution in [0.2, 0.25) is 13.1 Å². The van der Waals surface area contributed by atoms with Crippen molar-refractivity contribution in [2.75, 3.05) is 0 Å². The highest BCUT2D eigenvalue weighted by Gasteiger charge is 2.06. The van der Waals surface area contributed by atoms with Crippen molar-refractivity contribution < 1.29 is 4.43 Å². The Hall–Kier alpha value is -1.88. The number of hydrogen-bond donors (Lipinski definition) is 0.